The summed E-state index contributed by atoms with van der Waals surface area (Å²) in [5.41, 5.74) is 1.51. The Hall–Kier alpha value is -2.02. The lowest BCUT2D eigenvalue weighted by atomic mass is 9.71. The van der Waals surface area contributed by atoms with E-state index in [4.69, 9.17) is 0 Å². The summed E-state index contributed by atoms with van der Waals surface area (Å²) >= 11 is 0. The second kappa shape index (κ2) is 7.68. The molecule has 1 unspecified atom stereocenters. The molecule has 4 heteroatoms. The average molecular weight is 286 g/mol. The highest BCUT2D eigenvalue weighted by Gasteiger charge is 2.30. The highest BCUT2D eigenvalue weighted by atomic mass is 16.1. The predicted octanol–water partition coefficient (Wildman–Crippen LogP) is 4.73. The van der Waals surface area contributed by atoms with Crippen LogP contribution in [0.25, 0.3) is 0 Å². The highest BCUT2D eigenvalue weighted by Crippen LogP contribution is 2.43. The van der Waals surface area contributed by atoms with E-state index in [-0.39, 0.29) is 5.41 Å². The molecule has 0 aliphatic heterocycles. The summed E-state index contributed by atoms with van der Waals surface area (Å²) in [4.78, 5) is 28.7. The molecule has 21 heavy (non-hydrogen) atoms. The van der Waals surface area contributed by atoms with Crippen LogP contribution in [-0.4, -0.2) is 12.2 Å². The Morgan fingerprint density at radius 2 is 1.86 bits per heavy atom. The fraction of sp³-hybridized carbons (Fsp3) is 0.529. The summed E-state index contributed by atoms with van der Waals surface area (Å²) in [5, 5.41) is 0. The number of hydrogen-bond donors (Lipinski definition) is 0. The molecule has 1 aromatic carbocycles. The number of hydrogen-bond acceptors (Lipinski definition) is 4. The Kier molecular flexibility index (Phi) is 6.23. The maximum Gasteiger partial charge on any atom is 0.240 e. The lowest BCUT2D eigenvalue weighted by molar-refractivity contribution is 0.317. The minimum Gasteiger partial charge on any atom is -0.211 e. The van der Waals surface area contributed by atoms with Crippen LogP contribution in [-0.2, 0) is 15.0 Å². The van der Waals surface area contributed by atoms with E-state index in [1.54, 1.807) is 12.1 Å². The van der Waals surface area contributed by atoms with Gasteiger partial charge in [0.2, 0.25) is 12.2 Å². The van der Waals surface area contributed by atoms with Gasteiger partial charge in [-0.1, -0.05) is 52.7 Å². The van der Waals surface area contributed by atoms with Crippen LogP contribution < -0.4 is 0 Å². The highest BCUT2D eigenvalue weighted by molar-refractivity contribution is 5.72. The minimum absolute atomic E-state index is 0.181. The van der Waals surface area contributed by atoms with Crippen molar-refractivity contribution < 1.29 is 9.59 Å². The Labute approximate surface area is 126 Å². The van der Waals surface area contributed by atoms with Crippen LogP contribution in [0.3, 0.4) is 0 Å². The number of rotatable bonds is 7. The second-order valence-corrected chi connectivity index (χ2v) is 5.84. The van der Waals surface area contributed by atoms with Crippen LogP contribution >= 0.6 is 0 Å². The normalized spacial score (nSPS) is 12.2. The van der Waals surface area contributed by atoms with Crippen molar-refractivity contribution >= 4 is 23.5 Å². The van der Waals surface area contributed by atoms with Crippen LogP contribution in [0.5, 0.6) is 0 Å². The Morgan fingerprint density at radius 3 is 2.43 bits per heavy atom. The topological polar surface area (TPSA) is 58.9 Å². The van der Waals surface area contributed by atoms with Crippen molar-refractivity contribution in [2.45, 2.75) is 52.4 Å². The van der Waals surface area contributed by atoms with Crippen molar-refractivity contribution in [3.8, 4) is 0 Å². The molecule has 0 fully saturated rings. The molecular weight excluding hydrogens is 264 g/mol. The average Bonchev–Trinajstić information content (AvgIpc) is 2.46. The predicted molar refractivity (Wildman–Crippen MR) is 83.7 cm³/mol. The first kappa shape index (κ1) is 17.0. The molecule has 0 heterocycles. The summed E-state index contributed by atoms with van der Waals surface area (Å²) in [6.07, 6.45) is 6.47. The van der Waals surface area contributed by atoms with Gasteiger partial charge >= 0.3 is 0 Å². The SMILES string of the molecule is CCCCC(C)C(C)(C)c1cccc(N=C=O)c1N=C=O. The lowest BCUT2D eigenvalue weighted by Gasteiger charge is -2.33. The third kappa shape index (κ3) is 3.98. The van der Waals surface area contributed by atoms with Gasteiger partial charge in [0, 0.05) is 0 Å². The van der Waals surface area contributed by atoms with Gasteiger partial charge in [-0.3, -0.25) is 0 Å². The van der Waals surface area contributed by atoms with Crippen molar-refractivity contribution in [3.63, 3.8) is 0 Å². The van der Waals surface area contributed by atoms with Crippen molar-refractivity contribution in [1.29, 1.82) is 0 Å². The van der Waals surface area contributed by atoms with E-state index in [9.17, 15) is 9.59 Å². The smallest absolute Gasteiger partial charge is 0.211 e. The van der Waals surface area contributed by atoms with Crippen LogP contribution in [0.1, 0.15) is 52.5 Å². The van der Waals surface area contributed by atoms with Crippen molar-refractivity contribution in [2.75, 3.05) is 0 Å². The molecular formula is C17H22N2O2. The van der Waals surface area contributed by atoms with Gasteiger partial charge in [0.05, 0.1) is 0 Å². The van der Waals surface area contributed by atoms with Gasteiger partial charge in [-0.15, -0.1) is 0 Å². The molecule has 0 N–H and O–H groups in total. The maximum atomic E-state index is 10.7. The van der Waals surface area contributed by atoms with Crippen LogP contribution in [0, 0.1) is 5.92 Å². The first-order valence-corrected chi connectivity index (χ1v) is 7.28. The number of carbonyl (C=O) groups excluding carboxylic acids is 2. The maximum absolute atomic E-state index is 10.7. The molecule has 112 valence electrons. The molecule has 0 aliphatic carbocycles. The van der Waals surface area contributed by atoms with Crippen molar-refractivity contribution in [1.82, 2.24) is 0 Å². The molecule has 1 aromatic rings. The quantitative estimate of drug-likeness (QED) is 0.537. The zero-order valence-electron chi connectivity index (χ0n) is 13.1. The lowest BCUT2D eigenvalue weighted by Crippen LogP contribution is -2.26. The molecule has 0 aromatic heterocycles. The molecule has 0 radical (unpaired) electrons. The fourth-order valence-corrected chi connectivity index (χ4v) is 2.49. The molecule has 0 spiro atoms. The van der Waals surface area contributed by atoms with E-state index >= 15 is 0 Å². The molecule has 1 rings (SSSR count). The number of nitrogens with zero attached hydrogens (tertiary/aromatic N) is 2. The summed E-state index contributed by atoms with van der Waals surface area (Å²) in [6, 6.07) is 5.41. The summed E-state index contributed by atoms with van der Waals surface area (Å²) in [7, 11) is 0. The van der Waals surface area contributed by atoms with Gasteiger partial charge in [-0.25, -0.2) is 9.59 Å². The Balaban J connectivity index is 3.36. The molecule has 4 nitrogen and oxygen atoms in total. The number of aliphatic imine (C=N–C) groups is 2. The van der Waals surface area contributed by atoms with E-state index in [1.807, 2.05) is 12.1 Å². The molecule has 0 bridgehead atoms. The van der Waals surface area contributed by atoms with E-state index in [0.29, 0.717) is 17.3 Å². The number of unbranched alkanes of at least 4 members (excludes halogenated alkanes) is 1. The number of isocyanates is 2. The number of para-hydroxylation sites is 1. The minimum atomic E-state index is -0.181. The zero-order chi connectivity index (χ0) is 15.9. The Bertz CT molecular complexity index is 580. The molecule has 0 amide bonds. The van der Waals surface area contributed by atoms with Gasteiger partial charge in [0.1, 0.15) is 11.4 Å². The second-order valence-electron chi connectivity index (χ2n) is 5.84. The van der Waals surface area contributed by atoms with E-state index in [0.717, 1.165) is 24.8 Å². The molecule has 0 saturated carbocycles. The first-order valence-electron chi connectivity index (χ1n) is 7.28. The molecule has 0 aliphatic rings. The van der Waals surface area contributed by atoms with Crippen LogP contribution in [0.2, 0.25) is 0 Å². The molecule has 1 atom stereocenters. The summed E-state index contributed by atoms with van der Waals surface area (Å²) < 4.78 is 0. The number of benzene rings is 1. The van der Waals surface area contributed by atoms with Crippen molar-refractivity contribution in [3.05, 3.63) is 23.8 Å². The van der Waals surface area contributed by atoms with Crippen LogP contribution in [0.4, 0.5) is 11.4 Å². The van der Waals surface area contributed by atoms with E-state index < -0.39 is 0 Å². The third-order valence-electron chi connectivity index (χ3n) is 4.26. The van der Waals surface area contributed by atoms with Gasteiger partial charge in [0.15, 0.2) is 0 Å². The summed E-state index contributed by atoms with van der Waals surface area (Å²) in [5.74, 6) is 0.411. The largest absolute Gasteiger partial charge is 0.240 e. The Morgan fingerprint density at radius 1 is 1.19 bits per heavy atom. The van der Waals surface area contributed by atoms with Crippen LogP contribution in [0.15, 0.2) is 28.2 Å². The van der Waals surface area contributed by atoms with Gasteiger partial charge in [-0.05, 0) is 29.4 Å². The van der Waals surface area contributed by atoms with Gasteiger partial charge in [0.25, 0.3) is 0 Å². The standard InChI is InChI=1S/C17H22N2O2/c1-5-6-8-13(2)17(3,4)14-9-7-10-15(18-11-20)16(14)19-12-21/h7,9-10,13H,5-6,8H2,1-4H3. The van der Waals surface area contributed by atoms with Gasteiger partial charge in [-0.2, -0.15) is 9.98 Å². The van der Waals surface area contributed by atoms with Crippen molar-refractivity contribution in [2.24, 2.45) is 15.9 Å². The van der Waals surface area contributed by atoms with E-state index in [1.165, 1.54) is 6.08 Å². The summed E-state index contributed by atoms with van der Waals surface area (Å²) in [6.45, 7) is 8.61. The first-order chi connectivity index (χ1) is 9.98. The monoisotopic (exact) mass is 286 g/mol. The van der Waals surface area contributed by atoms with E-state index in [2.05, 4.69) is 37.7 Å². The van der Waals surface area contributed by atoms with Gasteiger partial charge < -0.3 is 0 Å². The third-order valence-corrected chi connectivity index (χ3v) is 4.26. The molecule has 0 saturated heterocycles. The fourth-order valence-electron chi connectivity index (χ4n) is 2.49. The zero-order valence-corrected chi connectivity index (χ0v) is 13.1.